The minimum atomic E-state index is -0.746. The summed E-state index contributed by atoms with van der Waals surface area (Å²) in [5.41, 5.74) is 6.00. The van der Waals surface area contributed by atoms with Crippen molar-refractivity contribution >= 4 is 17.6 Å². The lowest BCUT2D eigenvalue weighted by Crippen LogP contribution is -2.40. The average Bonchev–Trinajstić information content (AvgIpc) is 2.47. The lowest BCUT2D eigenvalue weighted by atomic mass is 10.2. The molecule has 0 saturated heterocycles. The maximum Gasteiger partial charge on any atom is 0.325 e. The van der Waals surface area contributed by atoms with Crippen molar-refractivity contribution in [1.29, 1.82) is 0 Å². The van der Waals surface area contributed by atoms with Crippen molar-refractivity contribution in [2.24, 2.45) is 5.73 Å². The molecule has 0 spiro atoms. The van der Waals surface area contributed by atoms with Gasteiger partial charge >= 0.3 is 5.97 Å². The van der Waals surface area contributed by atoms with Crippen LogP contribution in [0.15, 0.2) is 6.20 Å². The fourth-order valence-corrected chi connectivity index (χ4v) is 1.39. The third-order valence-electron chi connectivity index (χ3n) is 2.12. The van der Waals surface area contributed by atoms with E-state index >= 15 is 0 Å². The molecule has 1 heterocycles. The number of hydrogen-bond donors (Lipinski definition) is 1. The fourth-order valence-electron chi connectivity index (χ4n) is 1.25. The van der Waals surface area contributed by atoms with E-state index in [9.17, 15) is 4.79 Å². The minimum Gasteiger partial charge on any atom is -0.459 e. The first-order valence-corrected chi connectivity index (χ1v) is 5.75. The molecule has 1 atom stereocenters. The average molecular weight is 260 g/mol. The molecule has 0 radical (unpaired) electrons. The summed E-state index contributed by atoms with van der Waals surface area (Å²) in [7, 11) is 0. The number of rotatable bonds is 3. The highest BCUT2D eigenvalue weighted by molar-refractivity contribution is 6.31. The van der Waals surface area contributed by atoms with Crippen LogP contribution in [0.25, 0.3) is 0 Å². The largest absolute Gasteiger partial charge is 0.459 e. The molecule has 17 heavy (non-hydrogen) atoms. The highest BCUT2D eigenvalue weighted by Gasteiger charge is 2.23. The molecule has 6 heteroatoms. The highest BCUT2D eigenvalue weighted by Crippen LogP contribution is 2.14. The van der Waals surface area contributed by atoms with E-state index in [-0.39, 0.29) is 6.54 Å². The molecule has 96 valence electrons. The van der Waals surface area contributed by atoms with Crippen molar-refractivity contribution in [2.45, 2.75) is 45.9 Å². The summed E-state index contributed by atoms with van der Waals surface area (Å²) in [5.74, 6) is -0.441. The van der Waals surface area contributed by atoms with Crippen LogP contribution < -0.4 is 5.73 Å². The number of ether oxygens (including phenoxy) is 1. The monoisotopic (exact) mass is 259 g/mol. The molecule has 0 aliphatic heterocycles. The summed E-state index contributed by atoms with van der Waals surface area (Å²) in [6, 6.07) is -0.746. The summed E-state index contributed by atoms with van der Waals surface area (Å²) >= 11 is 5.86. The van der Waals surface area contributed by atoms with Crippen LogP contribution in [0.5, 0.6) is 0 Å². The molecular formula is C11H18ClN3O2. The van der Waals surface area contributed by atoms with Crippen LogP contribution in [-0.2, 0) is 16.1 Å². The maximum absolute atomic E-state index is 11.7. The van der Waals surface area contributed by atoms with Crippen LogP contribution in [-0.4, -0.2) is 27.4 Å². The Hall–Kier alpha value is -1.07. The molecule has 0 aliphatic rings. The molecule has 1 rings (SSSR count). The van der Waals surface area contributed by atoms with Gasteiger partial charge in [0.25, 0.3) is 0 Å². The number of hydrogen-bond acceptors (Lipinski definition) is 4. The third kappa shape index (κ3) is 4.02. The summed E-state index contributed by atoms with van der Waals surface area (Å²) in [6.45, 7) is 7.47. The normalized spacial score (nSPS) is 13.5. The van der Waals surface area contributed by atoms with Gasteiger partial charge in [-0.1, -0.05) is 11.6 Å². The van der Waals surface area contributed by atoms with E-state index < -0.39 is 17.6 Å². The molecule has 0 aliphatic carbocycles. The van der Waals surface area contributed by atoms with E-state index in [1.165, 1.54) is 6.20 Å². The standard InChI is InChI=1S/C11H18ClN3O2/c1-7-8(12)5-14-15(7)6-9(13)10(16)17-11(2,3)4/h5,9H,6,13H2,1-4H3. The van der Waals surface area contributed by atoms with Crippen molar-refractivity contribution in [3.8, 4) is 0 Å². The van der Waals surface area contributed by atoms with Gasteiger partial charge in [0, 0.05) is 0 Å². The summed E-state index contributed by atoms with van der Waals surface area (Å²) in [5, 5.41) is 4.59. The molecule has 1 aromatic heterocycles. The topological polar surface area (TPSA) is 70.1 Å². The van der Waals surface area contributed by atoms with Crippen molar-refractivity contribution in [1.82, 2.24) is 9.78 Å². The second-order valence-electron chi connectivity index (χ2n) is 4.90. The molecular weight excluding hydrogens is 242 g/mol. The van der Waals surface area contributed by atoms with Gasteiger partial charge in [0.1, 0.15) is 11.6 Å². The molecule has 1 unspecified atom stereocenters. The van der Waals surface area contributed by atoms with Crippen LogP contribution in [0.3, 0.4) is 0 Å². The minimum absolute atomic E-state index is 0.257. The Labute approximate surface area is 106 Å². The van der Waals surface area contributed by atoms with Gasteiger partial charge in [0.2, 0.25) is 0 Å². The van der Waals surface area contributed by atoms with E-state index in [2.05, 4.69) is 5.10 Å². The zero-order chi connectivity index (χ0) is 13.2. The zero-order valence-electron chi connectivity index (χ0n) is 10.5. The van der Waals surface area contributed by atoms with E-state index in [1.54, 1.807) is 25.5 Å². The van der Waals surface area contributed by atoms with Crippen molar-refractivity contribution in [3.05, 3.63) is 16.9 Å². The Morgan fingerprint density at radius 2 is 2.24 bits per heavy atom. The van der Waals surface area contributed by atoms with Crippen molar-refractivity contribution < 1.29 is 9.53 Å². The zero-order valence-corrected chi connectivity index (χ0v) is 11.3. The van der Waals surface area contributed by atoms with Gasteiger partial charge in [-0.25, -0.2) is 0 Å². The second-order valence-corrected chi connectivity index (χ2v) is 5.31. The predicted molar refractivity (Wildman–Crippen MR) is 65.8 cm³/mol. The number of carbonyl (C=O) groups is 1. The van der Waals surface area contributed by atoms with Crippen LogP contribution in [0.1, 0.15) is 26.5 Å². The SMILES string of the molecule is Cc1c(Cl)cnn1CC(N)C(=O)OC(C)(C)C. The number of nitrogens with zero attached hydrogens (tertiary/aromatic N) is 2. The molecule has 0 bridgehead atoms. The lowest BCUT2D eigenvalue weighted by Gasteiger charge is -2.22. The predicted octanol–water partition coefficient (Wildman–Crippen LogP) is 1.51. The van der Waals surface area contributed by atoms with Crippen molar-refractivity contribution in [2.75, 3.05) is 0 Å². The van der Waals surface area contributed by atoms with Gasteiger partial charge in [-0.05, 0) is 27.7 Å². The number of nitrogens with two attached hydrogens (primary N) is 1. The summed E-state index contributed by atoms with van der Waals surface area (Å²) < 4.78 is 6.77. The quantitative estimate of drug-likeness (QED) is 0.836. The second kappa shape index (κ2) is 5.06. The lowest BCUT2D eigenvalue weighted by molar-refractivity contribution is -0.156. The molecule has 0 aromatic carbocycles. The molecule has 0 amide bonds. The summed E-state index contributed by atoms with van der Waals surface area (Å²) in [4.78, 5) is 11.7. The van der Waals surface area contributed by atoms with E-state index in [4.69, 9.17) is 22.1 Å². The first-order chi connectivity index (χ1) is 7.70. The van der Waals surface area contributed by atoms with Gasteiger partial charge in [0.15, 0.2) is 0 Å². The Balaban J connectivity index is 2.63. The Morgan fingerprint density at radius 3 is 2.65 bits per heavy atom. The van der Waals surface area contributed by atoms with Gasteiger partial charge in [-0.2, -0.15) is 5.10 Å². The van der Waals surface area contributed by atoms with Crippen LogP contribution in [0.2, 0.25) is 5.02 Å². The Morgan fingerprint density at radius 1 is 1.65 bits per heavy atom. The van der Waals surface area contributed by atoms with Crippen LogP contribution in [0, 0.1) is 6.92 Å². The van der Waals surface area contributed by atoms with Gasteiger partial charge in [-0.15, -0.1) is 0 Å². The number of aromatic nitrogens is 2. The number of esters is 1. The van der Waals surface area contributed by atoms with Gasteiger partial charge in [0.05, 0.1) is 23.5 Å². The summed E-state index contributed by atoms with van der Waals surface area (Å²) in [6.07, 6.45) is 1.53. The Kier molecular flexibility index (Phi) is 4.16. The maximum atomic E-state index is 11.7. The molecule has 0 fully saturated rings. The van der Waals surface area contributed by atoms with Crippen LogP contribution >= 0.6 is 11.6 Å². The first-order valence-electron chi connectivity index (χ1n) is 5.37. The number of carbonyl (C=O) groups excluding carboxylic acids is 1. The van der Waals surface area contributed by atoms with E-state index in [0.717, 1.165) is 5.69 Å². The third-order valence-corrected chi connectivity index (χ3v) is 2.49. The first kappa shape index (κ1) is 14.0. The fraction of sp³-hybridized carbons (Fsp3) is 0.636. The molecule has 0 saturated carbocycles. The smallest absolute Gasteiger partial charge is 0.325 e. The van der Waals surface area contributed by atoms with Crippen LogP contribution in [0.4, 0.5) is 0 Å². The Bertz CT molecular complexity index is 409. The van der Waals surface area contributed by atoms with Gasteiger partial charge < -0.3 is 10.5 Å². The van der Waals surface area contributed by atoms with Crippen molar-refractivity contribution in [3.63, 3.8) is 0 Å². The van der Waals surface area contributed by atoms with E-state index in [0.29, 0.717) is 5.02 Å². The molecule has 1 aromatic rings. The van der Waals surface area contributed by atoms with Gasteiger partial charge in [-0.3, -0.25) is 9.48 Å². The molecule has 5 nitrogen and oxygen atoms in total. The van der Waals surface area contributed by atoms with E-state index in [1.807, 2.05) is 6.92 Å². The molecule has 2 N–H and O–H groups in total. The highest BCUT2D eigenvalue weighted by atomic mass is 35.5. The number of halogens is 1.